The molecule has 0 aliphatic carbocycles. The summed E-state index contributed by atoms with van der Waals surface area (Å²) in [5.74, 6) is 3.46. The molecule has 0 unspecified atom stereocenters. The zero-order chi connectivity index (χ0) is 73.7. The zero-order valence-corrected chi connectivity index (χ0v) is 72.7. The van der Waals surface area contributed by atoms with E-state index in [0.29, 0.717) is 35.5 Å². The molecule has 0 saturated heterocycles. The Balaban J connectivity index is 0.000000234. The third-order valence-electron chi connectivity index (χ3n) is 20.2. The number of aromatic nitrogens is 4. The van der Waals surface area contributed by atoms with Crippen LogP contribution in [0.15, 0.2) is 122 Å². The lowest BCUT2D eigenvalue weighted by atomic mass is 9.84. The van der Waals surface area contributed by atoms with Crippen molar-refractivity contribution in [2.75, 3.05) is 0 Å². The minimum atomic E-state index is -1.37. The number of nitrogens with zero attached hydrogens (tertiary/aromatic N) is 4. The van der Waals surface area contributed by atoms with Gasteiger partial charge in [0.15, 0.2) is 24.8 Å². The summed E-state index contributed by atoms with van der Waals surface area (Å²) in [4.78, 5) is 0. The number of pyridine rings is 4. The SMILES string of the molecule is CCC(CC)c1ccc(C)c(-c2cc(C(C)C)c([Si](C)(C)C)c[n+]2C)c1.Cc1cc(C(C)C)ccc1-c1cc(C(C)C)c([Si](C)(C)C)c[n+]1C.Cc1ccc(-c2cc(C(C)C)c([Si](C)(C)C)c[n+]2C)c(C)c1.Cc1ccc(C(C)(C)C)cc1-c1cc(C(C)C)c([Si](C)(C)C)c[n+]1C. The van der Waals surface area contributed by atoms with Crippen LogP contribution in [0.3, 0.4) is 0 Å². The minimum absolute atomic E-state index is 0.167. The fourth-order valence-corrected chi connectivity index (χ4v) is 21.1. The predicted octanol–water partition coefficient (Wildman–Crippen LogP) is 21.3. The van der Waals surface area contributed by atoms with Gasteiger partial charge in [-0.2, -0.15) is 0 Å². The molecule has 0 aliphatic heterocycles. The second-order valence-electron chi connectivity index (χ2n) is 35.6. The van der Waals surface area contributed by atoms with Gasteiger partial charge in [-0.15, -0.1) is 0 Å². The molecule has 4 nitrogen and oxygen atoms in total. The number of rotatable bonds is 16. The lowest BCUT2D eigenvalue weighted by molar-refractivity contribution is -0.659. The standard InChI is InChI=1S/C24H38NSi.C23H36NSi.C22H34NSi.C20H30NSi/c1-10-19(11-2)20-13-12-18(5)22(14-20)23-15-21(17(3)4)24(16-25(23)6)26(7,8)9;1-16(2)19-14-21(24(7)15-22(19)25(8,9)10)20-13-18(23(4,5)6)12-11-17(20)3;1-15(2)18-10-11-19(17(5)12-18)21-13-20(16(3)4)22(14-23(21)6)24(7,8)9;1-14(2)18-12-19(17-10-9-15(3)11-16(17)4)21(5)13-20(18)22(6,7)8/h12-17,19H,10-11H2,1-9H3;11-16H,1-10H3;10-16H,1-9H3;9-14H,1-8H3/q4*+1. The third kappa shape index (κ3) is 20.8. The largest absolute Gasteiger partial charge is 0.212 e. The Morgan fingerprint density at radius 3 is 0.907 bits per heavy atom. The van der Waals surface area contributed by atoms with Crippen molar-refractivity contribution in [3.63, 3.8) is 0 Å². The van der Waals surface area contributed by atoms with E-state index in [1.165, 1.54) is 125 Å². The fourth-order valence-electron chi connectivity index (χ4n) is 13.9. The highest BCUT2D eigenvalue weighted by atomic mass is 28.3. The number of aryl methyl sites for hydroxylation is 9. The molecule has 4 heterocycles. The Hall–Kier alpha value is -5.65. The molecule has 4 aromatic carbocycles. The quantitative estimate of drug-likeness (QED) is 0.0677. The van der Waals surface area contributed by atoms with Gasteiger partial charge in [-0.25, -0.2) is 18.3 Å². The fraction of sp³-hybridized carbons (Fsp3) is 0.506. The maximum atomic E-state index is 2.47. The molecule has 0 spiro atoms. The number of hydrogen-bond donors (Lipinski definition) is 0. The molecule has 8 rings (SSSR count). The van der Waals surface area contributed by atoms with Crippen LogP contribution in [0.5, 0.6) is 0 Å². The molecular formula is C89H138N4Si4+4. The molecule has 8 heteroatoms. The molecule has 526 valence electrons. The van der Waals surface area contributed by atoms with Gasteiger partial charge < -0.3 is 0 Å². The highest BCUT2D eigenvalue weighted by Crippen LogP contribution is 2.34. The van der Waals surface area contributed by atoms with Crippen molar-refractivity contribution in [1.82, 2.24) is 0 Å². The maximum Gasteiger partial charge on any atom is 0.212 e. The minimum Gasteiger partial charge on any atom is -0.201 e. The van der Waals surface area contributed by atoms with E-state index in [0.717, 1.165) is 0 Å². The summed E-state index contributed by atoms with van der Waals surface area (Å²) < 4.78 is 9.35. The highest BCUT2D eigenvalue weighted by molar-refractivity contribution is 6.90. The van der Waals surface area contributed by atoms with Crippen LogP contribution in [-0.2, 0) is 33.6 Å². The Labute approximate surface area is 600 Å². The summed E-state index contributed by atoms with van der Waals surface area (Å²) in [5.41, 5.74) is 28.1. The molecule has 0 bridgehead atoms. The van der Waals surface area contributed by atoms with Crippen LogP contribution in [0, 0.1) is 34.6 Å². The summed E-state index contributed by atoms with van der Waals surface area (Å²) in [5, 5.41) is 6.34. The molecular weight excluding hydrogens is 1240 g/mol. The van der Waals surface area contributed by atoms with Gasteiger partial charge in [0, 0.05) is 67.3 Å². The molecule has 97 heavy (non-hydrogen) atoms. The summed E-state index contributed by atoms with van der Waals surface area (Å²) in [6, 6.07) is 37.5. The van der Waals surface area contributed by atoms with E-state index >= 15 is 0 Å². The molecule has 0 aliphatic rings. The van der Waals surface area contributed by atoms with Crippen LogP contribution < -0.4 is 39.0 Å². The van der Waals surface area contributed by atoms with Gasteiger partial charge in [-0.3, -0.25) is 0 Å². The van der Waals surface area contributed by atoms with Crippen molar-refractivity contribution >= 4 is 53.0 Å². The second-order valence-corrected chi connectivity index (χ2v) is 55.7. The van der Waals surface area contributed by atoms with E-state index in [1.54, 1.807) is 20.7 Å². The lowest BCUT2D eigenvalue weighted by Gasteiger charge is -2.23. The van der Waals surface area contributed by atoms with Crippen LogP contribution in [0.4, 0.5) is 0 Å². The van der Waals surface area contributed by atoms with Crippen molar-refractivity contribution in [1.29, 1.82) is 0 Å². The first-order chi connectivity index (χ1) is 44.5. The van der Waals surface area contributed by atoms with Gasteiger partial charge in [0.05, 0.1) is 32.3 Å². The van der Waals surface area contributed by atoms with E-state index < -0.39 is 32.3 Å². The average Bonchev–Trinajstić information content (AvgIpc) is 0.795. The normalized spacial score (nSPS) is 12.4. The Morgan fingerprint density at radius 1 is 0.320 bits per heavy atom. The van der Waals surface area contributed by atoms with Gasteiger partial charge >= 0.3 is 0 Å². The van der Waals surface area contributed by atoms with E-state index in [4.69, 9.17) is 0 Å². The van der Waals surface area contributed by atoms with Gasteiger partial charge in [-0.05, 0) is 174 Å². The molecule has 0 saturated carbocycles. The van der Waals surface area contributed by atoms with Crippen molar-refractivity contribution in [2.24, 2.45) is 28.2 Å². The van der Waals surface area contributed by atoms with Crippen molar-refractivity contribution in [3.05, 3.63) is 189 Å². The van der Waals surface area contributed by atoms with Gasteiger partial charge in [0.1, 0.15) is 28.2 Å². The first kappa shape index (κ1) is 82.0. The molecule has 0 amide bonds. The molecule has 8 aromatic rings. The van der Waals surface area contributed by atoms with Crippen LogP contribution in [-0.4, -0.2) is 32.3 Å². The van der Waals surface area contributed by atoms with E-state index in [9.17, 15) is 0 Å². The Morgan fingerprint density at radius 2 is 0.619 bits per heavy atom. The summed E-state index contributed by atoms with van der Waals surface area (Å²) in [7, 11) is 3.36. The average molecular weight is 1380 g/mol. The molecule has 4 aromatic heterocycles. The van der Waals surface area contributed by atoms with Crippen LogP contribution in [0.2, 0.25) is 78.6 Å². The molecule has 0 radical (unpaired) electrons. The predicted molar refractivity (Wildman–Crippen MR) is 440 cm³/mol. The summed E-state index contributed by atoms with van der Waals surface area (Å²) in [6.45, 7) is 74.9. The van der Waals surface area contributed by atoms with Crippen molar-refractivity contribution in [2.45, 2.75) is 271 Å². The summed E-state index contributed by atoms with van der Waals surface area (Å²) in [6.07, 6.45) is 12.0. The first-order valence-corrected chi connectivity index (χ1v) is 51.1. The van der Waals surface area contributed by atoms with Crippen LogP contribution in [0.1, 0.15) is 219 Å². The van der Waals surface area contributed by atoms with Gasteiger partial charge in [0.25, 0.3) is 0 Å². The van der Waals surface area contributed by atoms with Gasteiger partial charge in [0.2, 0.25) is 22.8 Å². The van der Waals surface area contributed by atoms with E-state index in [-0.39, 0.29) is 5.41 Å². The maximum absolute atomic E-state index is 2.47. The van der Waals surface area contributed by atoms with Crippen molar-refractivity contribution in [3.8, 4) is 45.0 Å². The summed E-state index contributed by atoms with van der Waals surface area (Å²) >= 11 is 0. The first-order valence-electron chi connectivity index (χ1n) is 37.1. The van der Waals surface area contributed by atoms with E-state index in [1.807, 2.05) is 0 Å². The van der Waals surface area contributed by atoms with E-state index in [2.05, 4.69) is 385 Å². The Bertz CT molecular complexity index is 4010. The molecule has 0 atom stereocenters. The van der Waals surface area contributed by atoms with Crippen molar-refractivity contribution < 1.29 is 18.3 Å². The number of benzene rings is 4. The van der Waals surface area contributed by atoms with Gasteiger partial charge in [-0.1, -0.05) is 237 Å². The zero-order valence-electron chi connectivity index (χ0n) is 68.7. The third-order valence-corrected chi connectivity index (χ3v) is 28.3. The molecule has 0 fully saturated rings. The van der Waals surface area contributed by atoms with Crippen LogP contribution >= 0.6 is 0 Å². The second kappa shape index (κ2) is 32.8. The topological polar surface area (TPSA) is 15.5 Å². The molecule has 0 N–H and O–H groups in total. The lowest BCUT2D eigenvalue weighted by Crippen LogP contribution is -2.47. The monoisotopic (exact) mass is 1370 g/mol. The van der Waals surface area contributed by atoms with Crippen LogP contribution in [0.25, 0.3) is 45.0 Å². The smallest absolute Gasteiger partial charge is 0.201 e. The number of hydrogen-bond acceptors (Lipinski definition) is 0. The Kier molecular flexibility index (Phi) is 27.7. The highest BCUT2D eigenvalue weighted by Gasteiger charge is 2.32.